The van der Waals surface area contributed by atoms with Gasteiger partial charge in [-0.25, -0.2) is 9.97 Å². The minimum atomic E-state index is -0.548. The molecule has 1 aliphatic heterocycles. The Balaban J connectivity index is 1.77. The average Bonchev–Trinajstić information content (AvgIpc) is 2.64. The fraction of sp³-hybridized carbons (Fsp3) is 0.278. The molecule has 5 nitrogen and oxygen atoms in total. The summed E-state index contributed by atoms with van der Waals surface area (Å²) in [6.07, 6.45) is 5.00. The first kappa shape index (κ1) is 15.3. The van der Waals surface area contributed by atoms with Gasteiger partial charge in [0.15, 0.2) is 5.15 Å². The van der Waals surface area contributed by atoms with Gasteiger partial charge < -0.3 is 9.47 Å². The SMILES string of the molecule is Clc1nc2ccccc2nc1OC1(c2cccnc2)CCOCC1. The molecule has 0 radical (unpaired) electrons. The van der Waals surface area contributed by atoms with Crippen LogP contribution < -0.4 is 4.74 Å². The number of hydrogen-bond donors (Lipinski definition) is 0. The number of ether oxygens (including phenoxy) is 2. The van der Waals surface area contributed by atoms with Crippen molar-refractivity contribution in [3.05, 3.63) is 59.5 Å². The molecule has 1 aliphatic rings. The van der Waals surface area contributed by atoms with Crippen molar-refractivity contribution in [2.45, 2.75) is 18.4 Å². The number of nitrogens with zero attached hydrogens (tertiary/aromatic N) is 3. The lowest BCUT2D eigenvalue weighted by Gasteiger charge is -2.37. The number of aromatic nitrogens is 3. The first-order valence-corrected chi connectivity index (χ1v) is 8.24. The Hall–Kier alpha value is -2.24. The summed E-state index contributed by atoms with van der Waals surface area (Å²) in [6, 6.07) is 11.5. The lowest BCUT2D eigenvalue weighted by molar-refractivity contribution is -0.0525. The van der Waals surface area contributed by atoms with Crippen molar-refractivity contribution in [1.82, 2.24) is 15.0 Å². The van der Waals surface area contributed by atoms with E-state index < -0.39 is 5.60 Å². The summed E-state index contributed by atoms with van der Waals surface area (Å²) < 4.78 is 11.9. The number of halogens is 1. The molecule has 0 saturated carbocycles. The van der Waals surface area contributed by atoms with Crippen molar-refractivity contribution in [1.29, 1.82) is 0 Å². The Morgan fingerprint density at radius 1 is 1.00 bits per heavy atom. The van der Waals surface area contributed by atoms with E-state index in [1.54, 1.807) is 6.20 Å². The summed E-state index contributed by atoms with van der Waals surface area (Å²) >= 11 is 6.33. The second-order valence-corrected chi connectivity index (χ2v) is 6.12. The van der Waals surface area contributed by atoms with E-state index in [0.29, 0.717) is 31.9 Å². The Kier molecular flexibility index (Phi) is 4.04. The van der Waals surface area contributed by atoms with Crippen LogP contribution in [0.2, 0.25) is 5.15 Å². The highest BCUT2D eigenvalue weighted by molar-refractivity contribution is 6.31. The predicted molar refractivity (Wildman–Crippen MR) is 91.1 cm³/mol. The maximum atomic E-state index is 6.34. The van der Waals surface area contributed by atoms with Gasteiger partial charge in [-0.15, -0.1) is 0 Å². The minimum absolute atomic E-state index is 0.267. The van der Waals surface area contributed by atoms with E-state index in [2.05, 4.69) is 15.0 Å². The molecule has 24 heavy (non-hydrogen) atoms. The Morgan fingerprint density at radius 3 is 2.46 bits per heavy atom. The van der Waals surface area contributed by atoms with Crippen molar-refractivity contribution in [3.8, 4) is 5.88 Å². The third-order valence-electron chi connectivity index (χ3n) is 4.28. The number of hydrogen-bond acceptors (Lipinski definition) is 5. The van der Waals surface area contributed by atoms with E-state index in [1.165, 1.54) is 0 Å². The molecule has 0 bridgehead atoms. The number of pyridine rings is 1. The molecule has 3 aromatic rings. The molecule has 1 aromatic carbocycles. The van der Waals surface area contributed by atoms with Crippen LogP contribution >= 0.6 is 11.6 Å². The molecule has 0 spiro atoms. The van der Waals surface area contributed by atoms with Crippen LogP contribution in [-0.4, -0.2) is 28.2 Å². The van der Waals surface area contributed by atoms with Crippen LogP contribution in [0.15, 0.2) is 48.8 Å². The van der Waals surface area contributed by atoms with Crippen LogP contribution in [0.25, 0.3) is 11.0 Å². The van der Waals surface area contributed by atoms with Crippen LogP contribution in [0.3, 0.4) is 0 Å². The summed E-state index contributed by atoms with van der Waals surface area (Å²) in [6.45, 7) is 1.24. The number of para-hydroxylation sites is 2. The zero-order valence-corrected chi connectivity index (χ0v) is 13.7. The van der Waals surface area contributed by atoms with Crippen molar-refractivity contribution < 1.29 is 9.47 Å². The highest BCUT2D eigenvalue weighted by Gasteiger charge is 2.38. The molecular weight excluding hydrogens is 326 g/mol. The molecule has 0 aliphatic carbocycles. The molecular formula is C18H16ClN3O2. The first-order valence-electron chi connectivity index (χ1n) is 7.86. The maximum Gasteiger partial charge on any atom is 0.253 e. The zero-order chi connectivity index (χ0) is 16.4. The molecule has 0 atom stereocenters. The second-order valence-electron chi connectivity index (χ2n) is 5.76. The second kappa shape index (κ2) is 6.34. The van der Waals surface area contributed by atoms with Crippen LogP contribution in [0.1, 0.15) is 18.4 Å². The van der Waals surface area contributed by atoms with Crippen molar-refractivity contribution in [2.24, 2.45) is 0 Å². The molecule has 3 heterocycles. The monoisotopic (exact) mass is 341 g/mol. The van der Waals surface area contributed by atoms with Crippen LogP contribution in [0, 0.1) is 0 Å². The fourth-order valence-corrected chi connectivity index (χ4v) is 3.17. The molecule has 0 N–H and O–H groups in total. The Morgan fingerprint density at radius 2 is 1.75 bits per heavy atom. The lowest BCUT2D eigenvalue weighted by atomic mass is 9.87. The summed E-state index contributed by atoms with van der Waals surface area (Å²) in [5, 5.41) is 0.267. The van der Waals surface area contributed by atoms with Crippen LogP contribution in [-0.2, 0) is 10.3 Å². The molecule has 1 saturated heterocycles. The third kappa shape index (κ3) is 2.81. The van der Waals surface area contributed by atoms with Gasteiger partial charge in [0.2, 0.25) is 0 Å². The Bertz CT molecular complexity index is 851. The van der Waals surface area contributed by atoms with Gasteiger partial charge in [0, 0.05) is 30.8 Å². The van der Waals surface area contributed by atoms with E-state index in [0.717, 1.165) is 16.6 Å². The van der Waals surface area contributed by atoms with Gasteiger partial charge in [-0.05, 0) is 18.2 Å². The van der Waals surface area contributed by atoms with Gasteiger partial charge in [0.25, 0.3) is 5.88 Å². The largest absolute Gasteiger partial charge is 0.464 e. The molecule has 2 aromatic heterocycles. The van der Waals surface area contributed by atoms with Crippen molar-refractivity contribution in [3.63, 3.8) is 0 Å². The fourth-order valence-electron chi connectivity index (χ4n) is 3.00. The van der Waals surface area contributed by atoms with E-state index >= 15 is 0 Å². The molecule has 4 rings (SSSR count). The lowest BCUT2D eigenvalue weighted by Crippen LogP contribution is -2.39. The normalized spacial score (nSPS) is 16.9. The Labute approximate surface area is 144 Å². The number of rotatable bonds is 3. The summed E-state index contributed by atoms with van der Waals surface area (Å²) in [5.74, 6) is 0.348. The van der Waals surface area contributed by atoms with E-state index in [1.807, 2.05) is 42.6 Å². The number of fused-ring (bicyclic) bond motifs is 1. The molecule has 0 amide bonds. The van der Waals surface area contributed by atoms with Crippen molar-refractivity contribution >= 4 is 22.6 Å². The maximum absolute atomic E-state index is 6.34. The summed E-state index contributed by atoms with van der Waals surface area (Å²) in [7, 11) is 0. The van der Waals surface area contributed by atoms with Gasteiger partial charge in [-0.1, -0.05) is 29.8 Å². The van der Waals surface area contributed by atoms with Gasteiger partial charge in [-0.3, -0.25) is 4.98 Å². The predicted octanol–water partition coefficient (Wildman–Crippen LogP) is 3.76. The highest BCUT2D eigenvalue weighted by atomic mass is 35.5. The number of benzene rings is 1. The van der Waals surface area contributed by atoms with Gasteiger partial charge in [0.05, 0.1) is 24.2 Å². The van der Waals surface area contributed by atoms with E-state index in [4.69, 9.17) is 21.1 Å². The molecule has 0 unspecified atom stereocenters. The zero-order valence-electron chi connectivity index (χ0n) is 13.0. The van der Waals surface area contributed by atoms with Crippen LogP contribution in [0.5, 0.6) is 5.88 Å². The van der Waals surface area contributed by atoms with Gasteiger partial charge >= 0.3 is 0 Å². The smallest absolute Gasteiger partial charge is 0.253 e. The van der Waals surface area contributed by atoms with Gasteiger partial charge in [-0.2, -0.15) is 0 Å². The first-order chi connectivity index (χ1) is 11.8. The standard InChI is InChI=1S/C18H16ClN3O2/c19-16-17(22-15-6-2-1-5-14(15)21-16)24-18(7-10-23-11-8-18)13-4-3-9-20-12-13/h1-6,9,12H,7-8,10-11H2. The van der Waals surface area contributed by atoms with Gasteiger partial charge in [0.1, 0.15) is 5.60 Å². The molecule has 122 valence electrons. The topological polar surface area (TPSA) is 57.1 Å². The minimum Gasteiger partial charge on any atom is -0.464 e. The summed E-state index contributed by atoms with van der Waals surface area (Å²) in [5.41, 5.74) is 1.95. The molecule has 1 fully saturated rings. The average molecular weight is 342 g/mol. The summed E-state index contributed by atoms with van der Waals surface area (Å²) in [4.78, 5) is 13.2. The molecule has 6 heteroatoms. The van der Waals surface area contributed by atoms with E-state index in [-0.39, 0.29) is 5.15 Å². The van der Waals surface area contributed by atoms with Crippen molar-refractivity contribution in [2.75, 3.05) is 13.2 Å². The third-order valence-corrected chi connectivity index (χ3v) is 4.53. The van der Waals surface area contributed by atoms with Crippen LogP contribution in [0.4, 0.5) is 0 Å². The quantitative estimate of drug-likeness (QED) is 0.726. The van der Waals surface area contributed by atoms with E-state index in [9.17, 15) is 0 Å². The highest BCUT2D eigenvalue weighted by Crippen LogP contribution is 2.38.